The molecule has 0 atom stereocenters. The van der Waals surface area contributed by atoms with E-state index in [1.54, 1.807) is 43.0 Å². The van der Waals surface area contributed by atoms with Crippen LogP contribution in [0.1, 0.15) is 48.2 Å². The lowest BCUT2D eigenvalue weighted by Crippen LogP contribution is -2.40. The SMILES string of the molecule is CC(C)(O)c1ccc(F)c(-c2cnc(Nc3cc(C(=O)N4CCOCC4)ccc3C(=N)C3CC3)nc2)c1. The third-order valence-corrected chi connectivity index (χ3v) is 6.72. The van der Waals surface area contributed by atoms with Crippen LogP contribution in [0.4, 0.5) is 16.0 Å². The summed E-state index contributed by atoms with van der Waals surface area (Å²) < 4.78 is 19.9. The summed E-state index contributed by atoms with van der Waals surface area (Å²) in [5, 5.41) is 22.1. The topological polar surface area (TPSA) is 111 Å². The Hall–Kier alpha value is -3.69. The van der Waals surface area contributed by atoms with E-state index in [1.807, 2.05) is 6.07 Å². The van der Waals surface area contributed by atoms with Crippen LogP contribution < -0.4 is 5.32 Å². The average molecular weight is 504 g/mol. The molecule has 3 N–H and O–H groups in total. The van der Waals surface area contributed by atoms with Gasteiger partial charge in [0.05, 0.1) is 24.5 Å². The highest BCUT2D eigenvalue weighted by atomic mass is 19.1. The van der Waals surface area contributed by atoms with Gasteiger partial charge in [0.1, 0.15) is 5.82 Å². The van der Waals surface area contributed by atoms with Crippen LogP contribution in [-0.2, 0) is 10.3 Å². The van der Waals surface area contributed by atoms with Gasteiger partial charge in [-0.1, -0.05) is 12.1 Å². The highest BCUT2D eigenvalue weighted by molar-refractivity contribution is 6.07. The van der Waals surface area contributed by atoms with Crippen molar-refractivity contribution in [2.75, 3.05) is 31.6 Å². The number of carbonyl (C=O) groups excluding carboxylic acids is 1. The summed E-state index contributed by atoms with van der Waals surface area (Å²) >= 11 is 0. The summed E-state index contributed by atoms with van der Waals surface area (Å²) in [5.74, 6) is -0.0413. The minimum Gasteiger partial charge on any atom is -0.386 e. The monoisotopic (exact) mass is 503 g/mol. The number of morpholine rings is 1. The summed E-state index contributed by atoms with van der Waals surface area (Å²) in [6.45, 7) is 5.39. The molecule has 8 nitrogen and oxygen atoms in total. The van der Waals surface area contributed by atoms with Gasteiger partial charge in [0.2, 0.25) is 5.95 Å². The summed E-state index contributed by atoms with van der Waals surface area (Å²) in [4.78, 5) is 23.6. The molecule has 2 aromatic carbocycles. The zero-order valence-electron chi connectivity index (χ0n) is 20.9. The number of aliphatic hydroxyl groups is 1. The van der Waals surface area contributed by atoms with Crippen molar-refractivity contribution < 1.29 is 19.0 Å². The van der Waals surface area contributed by atoms with E-state index in [1.165, 1.54) is 18.5 Å². The first-order valence-electron chi connectivity index (χ1n) is 12.4. The van der Waals surface area contributed by atoms with Gasteiger partial charge in [0, 0.05) is 59.4 Å². The van der Waals surface area contributed by atoms with Crippen molar-refractivity contribution >= 4 is 23.3 Å². The number of hydrogen-bond acceptors (Lipinski definition) is 7. The number of amides is 1. The molecule has 0 spiro atoms. The molecule has 1 saturated heterocycles. The summed E-state index contributed by atoms with van der Waals surface area (Å²) in [6.07, 6.45) is 4.98. The van der Waals surface area contributed by atoms with Crippen LogP contribution in [0.3, 0.4) is 0 Å². The normalized spacial score (nSPS) is 15.9. The Labute approximate surface area is 215 Å². The Morgan fingerprint density at radius 2 is 1.84 bits per heavy atom. The molecule has 2 heterocycles. The standard InChI is InChI=1S/C28H30FN5O3/c1-28(2,36)20-6-8-23(29)22(14-20)19-15-31-27(32-16-19)33-24-13-18(26(35)34-9-11-37-12-10-34)5-7-21(24)25(30)17-3-4-17/h5-8,13-17,30,36H,3-4,9-12H2,1-2H3,(H,31,32,33). The number of aromatic nitrogens is 2. The fourth-order valence-corrected chi connectivity index (χ4v) is 4.34. The second kappa shape index (κ2) is 9.99. The molecule has 1 saturated carbocycles. The minimum absolute atomic E-state index is 0.0886. The number of rotatable bonds is 7. The molecule has 192 valence electrons. The fourth-order valence-electron chi connectivity index (χ4n) is 4.34. The van der Waals surface area contributed by atoms with Gasteiger partial charge < -0.3 is 25.5 Å². The Bertz CT molecular complexity index is 1330. The molecular weight excluding hydrogens is 473 g/mol. The Kier molecular flexibility index (Phi) is 6.74. The van der Waals surface area contributed by atoms with Crippen molar-refractivity contribution in [3.05, 3.63) is 71.3 Å². The van der Waals surface area contributed by atoms with Gasteiger partial charge in [-0.2, -0.15) is 0 Å². The maximum absolute atomic E-state index is 14.6. The van der Waals surface area contributed by atoms with Crippen molar-refractivity contribution in [3.8, 4) is 11.1 Å². The van der Waals surface area contributed by atoms with E-state index in [0.717, 1.165) is 12.8 Å². The predicted octanol–water partition coefficient (Wildman–Crippen LogP) is 4.50. The molecule has 37 heavy (non-hydrogen) atoms. The van der Waals surface area contributed by atoms with E-state index in [-0.39, 0.29) is 17.8 Å². The number of halogens is 1. The van der Waals surface area contributed by atoms with Crippen LogP contribution >= 0.6 is 0 Å². The highest BCUT2D eigenvalue weighted by Crippen LogP contribution is 2.36. The van der Waals surface area contributed by atoms with Gasteiger partial charge in [0.15, 0.2) is 0 Å². The predicted molar refractivity (Wildman–Crippen MR) is 139 cm³/mol. The second-order valence-corrected chi connectivity index (χ2v) is 10.0. The maximum Gasteiger partial charge on any atom is 0.254 e. The summed E-state index contributed by atoms with van der Waals surface area (Å²) in [7, 11) is 0. The Balaban J connectivity index is 1.43. The molecule has 0 bridgehead atoms. The molecule has 1 aliphatic heterocycles. The first kappa shape index (κ1) is 25.0. The molecule has 1 aliphatic carbocycles. The average Bonchev–Trinajstić information content (AvgIpc) is 3.74. The zero-order chi connectivity index (χ0) is 26.2. The number of hydrogen-bond donors (Lipinski definition) is 3. The van der Waals surface area contributed by atoms with E-state index < -0.39 is 11.4 Å². The quantitative estimate of drug-likeness (QED) is 0.409. The van der Waals surface area contributed by atoms with Gasteiger partial charge in [-0.05, 0) is 56.5 Å². The number of nitrogens with one attached hydrogen (secondary N) is 2. The van der Waals surface area contributed by atoms with Crippen LogP contribution in [-0.4, -0.2) is 57.9 Å². The van der Waals surface area contributed by atoms with E-state index in [2.05, 4.69) is 15.3 Å². The molecule has 5 rings (SSSR count). The Morgan fingerprint density at radius 1 is 1.14 bits per heavy atom. The lowest BCUT2D eigenvalue weighted by Gasteiger charge is -2.27. The number of benzene rings is 2. The molecule has 1 amide bonds. The number of carbonyl (C=O) groups is 1. The maximum atomic E-state index is 14.6. The van der Waals surface area contributed by atoms with Gasteiger partial charge in [-0.3, -0.25) is 4.79 Å². The molecule has 3 aromatic rings. The second-order valence-electron chi connectivity index (χ2n) is 10.0. The van der Waals surface area contributed by atoms with Crippen molar-refractivity contribution in [2.24, 2.45) is 5.92 Å². The first-order valence-corrected chi connectivity index (χ1v) is 12.4. The van der Waals surface area contributed by atoms with Crippen LogP contribution in [0.5, 0.6) is 0 Å². The Morgan fingerprint density at radius 3 is 2.49 bits per heavy atom. The van der Waals surface area contributed by atoms with Gasteiger partial charge in [-0.15, -0.1) is 0 Å². The molecule has 2 aliphatic rings. The van der Waals surface area contributed by atoms with E-state index in [4.69, 9.17) is 10.1 Å². The van der Waals surface area contributed by atoms with Gasteiger partial charge in [-0.25, -0.2) is 14.4 Å². The largest absolute Gasteiger partial charge is 0.386 e. The minimum atomic E-state index is -1.11. The smallest absolute Gasteiger partial charge is 0.254 e. The van der Waals surface area contributed by atoms with Crippen LogP contribution in [0.25, 0.3) is 11.1 Å². The molecular formula is C28H30FN5O3. The van der Waals surface area contributed by atoms with Crippen LogP contribution in [0.15, 0.2) is 48.8 Å². The van der Waals surface area contributed by atoms with Crippen LogP contribution in [0, 0.1) is 17.1 Å². The number of anilines is 2. The third kappa shape index (κ3) is 5.52. The van der Waals surface area contributed by atoms with E-state index in [0.29, 0.717) is 65.5 Å². The fraction of sp³-hybridized carbons (Fsp3) is 0.357. The third-order valence-electron chi connectivity index (χ3n) is 6.72. The van der Waals surface area contributed by atoms with Crippen molar-refractivity contribution in [2.45, 2.75) is 32.3 Å². The molecule has 9 heteroatoms. The first-order chi connectivity index (χ1) is 17.7. The molecule has 0 radical (unpaired) electrons. The van der Waals surface area contributed by atoms with Crippen molar-refractivity contribution in [1.29, 1.82) is 5.41 Å². The lowest BCUT2D eigenvalue weighted by molar-refractivity contribution is 0.0303. The number of nitrogens with zero attached hydrogens (tertiary/aromatic N) is 3. The highest BCUT2D eigenvalue weighted by Gasteiger charge is 2.29. The number of ether oxygens (including phenoxy) is 1. The summed E-state index contributed by atoms with van der Waals surface area (Å²) in [5.41, 5.74) is 2.55. The molecule has 1 aromatic heterocycles. The van der Waals surface area contributed by atoms with E-state index in [9.17, 15) is 14.3 Å². The van der Waals surface area contributed by atoms with E-state index >= 15 is 0 Å². The van der Waals surface area contributed by atoms with Gasteiger partial charge >= 0.3 is 0 Å². The lowest BCUT2D eigenvalue weighted by atomic mass is 9.95. The zero-order valence-corrected chi connectivity index (χ0v) is 20.9. The molecule has 0 unspecified atom stereocenters. The van der Waals surface area contributed by atoms with Crippen molar-refractivity contribution in [3.63, 3.8) is 0 Å². The summed E-state index contributed by atoms with van der Waals surface area (Å²) in [6, 6.07) is 9.78. The van der Waals surface area contributed by atoms with Crippen LogP contribution in [0.2, 0.25) is 0 Å². The van der Waals surface area contributed by atoms with Crippen molar-refractivity contribution in [1.82, 2.24) is 14.9 Å². The molecule has 2 fully saturated rings. The van der Waals surface area contributed by atoms with Gasteiger partial charge in [0.25, 0.3) is 5.91 Å².